The van der Waals surface area contributed by atoms with Crippen LogP contribution in [0.2, 0.25) is 0 Å². The molecule has 3 nitrogen and oxygen atoms in total. The van der Waals surface area contributed by atoms with Gasteiger partial charge in [-0.2, -0.15) is 0 Å². The highest BCUT2D eigenvalue weighted by molar-refractivity contribution is 5.87. The number of phenols is 1. The number of hydrogen-bond donors (Lipinski definition) is 1. The average Bonchev–Trinajstić information content (AvgIpc) is 3.12. The van der Waals surface area contributed by atoms with Crippen molar-refractivity contribution >= 4 is 10.8 Å². The summed E-state index contributed by atoms with van der Waals surface area (Å²) in [4.78, 5) is 2.56. The van der Waals surface area contributed by atoms with E-state index >= 15 is 0 Å². The van der Waals surface area contributed by atoms with Gasteiger partial charge in [0.1, 0.15) is 0 Å². The second kappa shape index (κ2) is 7.00. The van der Waals surface area contributed by atoms with Crippen molar-refractivity contribution in [2.24, 2.45) is 0 Å². The highest BCUT2D eigenvalue weighted by Crippen LogP contribution is 2.32. The van der Waals surface area contributed by atoms with Crippen molar-refractivity contribution in [1.29, 1.82) is 0 Å². The van der Waals surface area contributed by atoms with Crippen LogP contribution in [0.5, 0.6) is 11.5 Å². The third-order valence-electron chi connectivity index (χ3n) is 5.59. The zero-order valence-electron chi connectivity index (χ0n) is 15.4. The molecule has 0 aromatic heterocycles. The van der Waals surface area contributed by atoms with Gasteiger partial charge < -0.3 is 9.84 Å². The number of ether oxygens (including phenoxy) is 1. The van der Waals surface area contributed by atoms with Gasteiger partial charge in [0.2, 0.25) is 0 Å². The molecule has 0 bridgehead atoms. The van der Waals surface area contributed by atoms with Crippen molar-refractivity contribution in [3.63, 3.8) is 0 Å². The van der Waals surface area contributed by atoms with E-state index in [9.17, 15) is 5.11 Å². The summed E-state index contributed by atoms with van der Waals surface area (Å²) < 4.78 is 5.22. The Balaban J connectivity index is 1.45. The van der Waals surface area contributed by atoms with Crippen molar-refractivity contribution in [2.45, 2.75) is 38.9 Å². The lowest BCUT2D eigenvalue weighted by atomic mass is 10.0. The van der Waals surface area contributed by atoms with Gasteiger partial charge in [-0.25, -0.2) is 0 Å². The third kappa shape index (κ3) is 3.15. The maximum atomic E-state index is 9.74. The summed E-state index contributed by atoms with van der Waals surface area (Å²) in [7, 11) is 1.59. The fourth-order valence-corrected chi connectivity index (χ4v) is 3.94. The number of nitrogens with zero attached hydrogens (tertiary/aromatic N) is 1. The van der Waals surface area contributed by atoms with Gasteiger partial charge in [0, 0.05) is 19.1 Å². The lowest BCUT2D eigenvalue weighted by Gasteiger charge is -2.24. The van der Waals surface area contributed by atoms with Crippen molar-refractivity contribution in [3.05, 3.63) is 71.3 Å². The normalized spacial score (nSPS) is 15.2. The molecule has 0 amide bonds. The molecule has 1 aliphatic heterocycles. The van der Waals surface area contributed by atoms with Crippen LogP contribution >= 0.6 is 0 Å². The molecular weight excluding hydrogens is 322 g/mol. The van der Waals surface area contributed by atoms with Crippen molar-refractivity contribution in [3.8, 4) is 11.5 Å². The second-order valence-electron chi connectivity index (χ2n) is 7.22. The van der Waals surface area contributed by atoms with Crippen molar-refractivity contribution < 1.29 is 9.84 Å². The second-order valence-corrected chi connectivity index (χ2v) is 7.22. The van der Waals surface area contributed by atoms with Gasteiger partial charge in [-0.15, -0.1) is 0 Å². The van der Waals surface area contributed by atoms with E-state index in [1.807, 2.05) is 12.1 Å². The van der Waals surface area contributed by atoms with Crippen LogP contribution in [-0.4, -0.2) is 23.2 Å². The molecule has 0 unspecified atom stereocenters. The predicted molar refractivity (Wildman–Crippen MR) is 106 cm³/mol. The van der Waals surface area contributed by atoms with Crippen LogP contribution in [0.3, 0.4) is 0 Å². The minimum absolute atomic E-state index is 0.200. The maximum absolute atomic E-state index is 9.74. The van der Waals surface area contributed by atoms with E-state index in [0.717, 1.165) is 25.9 Å². The zero-order chi connectivity index (χ0) is 18.1. The van der Waals surface area contributed by atoms with Gasteiger partial charge in [-0.05, 0) is 59.4 Å². The quantitative estimate of drug-likeness (QED) is 0.713. The molecular formula is C23H25NO2. The third-order valence-corrected chi connectivity index (χ3v) is 5.59. The summed E-state index contributed by atoms with van der Waals surface area (Å²) in [6.45, 7) is 4.36. The zero-order valence-corrected chi connectivity index (χ0v) is 15.4. The number of hydrogen-bond acceptors (Lipinski definition) is 3. The van der Waals surface area contributed by atoms with Gasteiger partial charge in [0.25, 0.3) is 0 Å². The molecule has 26 heavy (non-hydrogen) atoms. The molecule has 0 saturated carbocycles. The molecule has 134 valence electrons. The number of methoxy groups -OCH3 is 1. The van der Waals surface area contributed by atoms with E-state index in [4.69, 9.17) is 4.74 Å². The SMILES string of the molecule is COc1cc(CC[C@@H](C)N2Cc3ccc4ccccc4c3C2)ccc1O. The molecule has 0 fully saturated rings. The lowest BCUT2D eigenvalue weighted by Crippen LogP contribution is -2.28. The molecule has 1 atom stereocenters. The first-order valence-corrected chi connectivity index (χ1v) is 9.25. The van der Waals surface area contributed by atoms with E-state index in [1.54, 1.807) is 13.2 Å². The molecule has 0 aliphatic carbocycles. The summed E-state index contributed by atoms with van der Waals surface area (Å²) >= 11 is 0. The van der Waals surface area contributed by atoms with Gasteiger partial charge >= 0.3 is 0 Å². The Labute approximate surface area is 154 Å². The topological polar surface area (TPSA) is 32.7 Å². The predicted octanol–water partition coefficient (Wildman–Crippen LogP) is 4.89. The molecule has 0 radical (unpaired) electrons. The lowest BCUT2D eigenvalue weighted by molar-refractivity contribution is 0.203. The Morgan fingerprint density at radius 1 is 1.08 bits per heavy atom. The number of aromatic hydroxyl groups is 1. The van der Waals surface area contributed by atoms with Gasteiger partial charge in [0.15, 0.2) is 11.5 Å². The summed E-state index contributed by atoms with van der Waals surface area (Å²) in [6.07, 6.45) is 2.06. The Bertz CT molecular complexity index is 935. The summed E-state index contributed by atoms with van der Waals surface area (Å²) in [5.41, 5.74) is 4.15. The van der Waals surface area contributed by atoms with E-state index < -0.39 is 0 Å². The first kappa shape index (κ1) is 16.9. The van der Waals surface area contributed by atoms with Crippen LogP contribution in [-0.2, 0) is 19.5 Å². The van der Waals surface area contributed by atoms with Crippen LogP contribution < -0.4 is 4.74 Å². The highest BCUT2D eigenvalue weighted by atomic mass is 16.5. The van der Waals surface area contributed by atoms with Crippen LogP contribution in [0.4, 0.5) is 0 Å². The Morgan fingerprint density at radius 2 is 1.92 bits per heavy atom. The van der Waals surface area contributed by atoms with E-state index in [-0.39, 0.29) is 5.75 Å². The largest absolute Gasteiger partial charge is 0.504 e. The van der Waals surface area contributed by atoms with Gasteiger partial charge in [0.05, 0.1) is 7.11 Å². The Kier molecular flexibility index (Phi) is 4.56. The van der Waals surface area contributed by atoms with E-state index in [1.165, 1.54) is 27.5 Å². The molecule has 3 aromatic rings. The standard InChI is InChI=1S/C23H25NO2/c1-16(7-8-17-9-12-22(25)23(13-17)26-2)24-14-19-11-10-18-5-3-4-6-20(18)21(19)15-24/h3-6,9-13,16,25H,7-8,14-15H2,1-2H3/t16-/m1/s1. The fourth-order valence-electron chi connectivity index (χ4n) is 3.94. The van der Waals surface area contributed by atoms with Crippen LogP contribution in [0, 0.1) is 0 Å². The van der Waals surface area contributed by atoms with Gasteiger partial charge in [-0.1, -0.05) is 42.5 Å². The summed E-state index contributed by atoms with van der Waals surface area (Å²) in [5, 5.41) is 12.5. The minimum Gasteiger partial charge on any atom is -0.504 e. The first-order chi connectivity index (χ1) is 12.7. The Morgan fingerprint density at radius 3 is 2.77 bits per heavy atom. The molecule has 4 rings (SSSR count). The number of phenolic OH excluding ortho intramolecular Hbond substituents is 1. The monoisotopic (exact) mass is 347 g/mol. The average molecular weight is 347 g/mol. The summed E-state index contributed by atoms with van der Waals surface area (Å²) in [6, 6.07) is 19.3. The minimum atomic E-state index is 0.200. The van der Waals surface area contributed by atoms with Crippen LogP contribution in [0.15, 0.2) is 54.6 Å². The van der Waals surface area contributed by atoms with E-state index in [0.29, 0.717) is 11.8 Å². The number of fused-ring (bicyclic) bond motifs is 3. The Hall–Kier alpha value is -2.52. The maximum Gasteiger partial charge on any atom is 0.160 e. The smallest absolute Gasteiger partial charge is 0.160 e. The van der Waals surface area contributed by atoms with Crippen molar-refractivity contribution in [1.82, 2.24) is 4.90 Å². The molecule has 3 aromatic carbocycles. The van der Waals surface area contributed by atoms with Crippen LogP contribution in [0.25, 0.3) is 10.8 Å². The number of aryl methyl sites for hydroxylation is 1. The molecule has 0 saturated heterocycles. The summed E-state index contributed by atoms with van der Waals surface area (Å²) in [5.74, 6) is 0.751. The molecule has 0 spiro atoms. The fraction of sp³-hybridized carbons (Fsp3) is 0.304. The van der Waals surface area contributed by atoms with Gasteiger partial charge in [-0.3, -0.25) is 4.90 Å². The number of benzene rings is 3. The number of rotatable bonds is 5. The van der Waals surface area contributed by atoms with E-state index in [2.05, 4.69) is 48.2 Å². The molecule has 1 aliphatic rings. The first-order valence-electron chi connectivity index (χ1n) is 9.25. The molecule has 1 N–H and O–H groups in total. The van der Waals surface area contributed by atoms with Crippen molar-refractivity contribution in [2.75, 3.05) is 7.11 Å². The molecule has 3 heteroatoms. The highest BCUT2D eigenvalue weighted by Gasteiger charge is 2.24. The van der Waals surface area contributed by atoms with Crippen LogP contribution in [0.1, 0.15) is 30.0 Å². The molecule has 1 heterocycles.